The van der Waals surface area contributed by atoms with Crippen LogP contribution in [0.2, 0.25) is 0 Å². The zero-order chi connectivity index (χ0) is 15.5. The standard InChI is InChI=1S/C19H31NO/c1-6-9-20-18(19(5)8-7-10-21-19)13-17-15(3)11-14(2)12-16(17)4/h11-12,18,20H,6-10,13H2,1-5H3. The van der Waals surface area contributed by atoms with Gasteiger partial charge in [0.1, 0.15) is 0 Å². The van der Waals surface area contributed by atoms with Crippen molar-refractivity contribution in [3.63, 3.8) is 0 Å². The van der Waals surface area contributed by atoms with E-state index in [1.807, 2.05) is 0 Å². The maximum atomic E-state index is 6.11. The molecule has 2 rings (SSSR count). The highest BCUT2D eigenvalue weighted by atomic mass is 16.5. The molecule has 0 radical (unpaired) electrons. The van der Waals surface area contributed by atoms with Crippen molar-refractivity contribution < 1.29 is 4.74 Å². The van der Waals surface area contributed by atoms with Gasteiger partial charge in [0.2, 0.25) is 0 Å². The average molecular weight is 289 g/mol. The second-order valence-electron chi connectivity index (χ2n) is 6.85. The predicted molar refractivity (Wildman–Crippen MR) is 90.0 cm³/mol. The van der Waals surface area contributed by atoms with Gasteiger partial charge in [-0.1, -0.05) is 24.6 Å². The van der Waals surface area contributed by atoms with Crippen LogP contribution in [0.4, 0.5) is 0 Å². The molecule has 0 aromatic heterocycles. The molecule has 2 unspecified atom stereocenters. The van der Waals surface area contributed by atoms with Crippen LogP contribution in [-0.2, 0) is 11.2 Å². The fraction of sp³-hybridized carbons (Fsp3) is 0.684. The van der Waals surface area contributed by atoms with Crippen LogP contribution in [0, 0.1) is 20.8 Å². The fourth-order valence-corrected chi connectivity index (χ4v) is 3.63. The van der Waals surface area contributed by atoms with Crippen LogP contribution in [0.1, 0.15) is 55.4 Å². The van der Waals surface area contributed by atoms with E-state index in [0.717, 1.165) is 19.6 Å². The SMILES string of the molecule is CCCNC(Cc1c(C)cc(C)cc1C)C1(C)CCCO1. The summed E-state index contributed by atoms with van der Waals surface area (Å²) in [6, 6.07) is 5.01. The quantitative estimate of drug-likeness (QED) is 0.851. The lowest BCUT2D eigenvalue weighted by Crippen LogP contribution is -2.50. The van der Waals surface area contributed by atoms with Gasteiger partial charge in [0, 0.05) is 12.6 Å². The molecule has 0 spiro atoms. The smallest absolute Gasteiger partial charge is 0.0810 e. The van der Waals surface area contributed by atoms with E-state index in [1.165, 1.54) is 41.5 Å². The van der Waals surface area contributed by atoms with E-state index in [2.05, 4.69) is 52.1 Å². The van der Waals surface area contributed by atoms with Gasteiger partial charge in [-0.25, -0.2) is 0 Å². The molecule has 1 aromatic rings. The van der Waals surface area contributed by atoms with Gasteiger partial charge in [-0.15, -0.1) is 0 Å². The lowest BCUT2D eigenvalue weighted by molar-refractivity contribution is -0.0114. The second kappa shape index (κ2) is 6.93. The van der Waals surface area contributed by atoms with Gasteiger partial charge >= 0.3 is 0 Å². The van der Waals surface area contributed by atoms with Gasteiger partial charge in [-0.3, -0.25) is 0 Å². The predicted octanol–water partition coefficient (Wildman–Crippen LogP) is 4.09. The molecule has 1 heterocycles. The maximum Gasteiger partial charge on any atom is 0.0810 e. The fourth-order valence-electron chi connectivity index (χ4n) is 3.63. The molecule has 1 aromatic carbocycles. The highest BCUT2D eigenvalue weighted by Crippen LogP contribution is 2.31. The summed E-state index contributed by atoms with van der Waals surface area (Å²) < 4.78 is 6.11. The van der Waals surface area contributed by atoms with Crippen molar-refractivity contribution in [2.75, 3.05) is 13.2 Å². The average Bonchev–Trinajstić information content (AvgIpc) is 2.85. The molecular formula is C19H31NO. The zero-order valence-electron chi connectivity index (χ0n) is 14.4. The molecule has 2 nitrogen and oxygen atoms in total. The topological polar surface area (TPSA) is 21.3 Å². The minimum absolute atomic E-state index is 0.0149. The molecule has 1 saturated heterocycles. The first-order valence-corrected chi connectivity index (χ1v) is 8.40. The van der Waals surface area contributed by atoms with Crippen LogP contribution in [0.25, 0.3) is 0 Å². The van der Waals surface area contributed by atoms with Gasteiger partial charge in [-0.2, -0.15) is 0 Å². The van der Waals surface area contributed by atoms with Crippen LogP contribution in [0.15, 0.2) is 12.1 Å². The Morgan fingerprint density at radius 1 is 1.24 bits per heavy atom. The summed E-state index contributed by atoms with van der Waals surface area (Å²) in [5.74, 6) is 0. The highest BCUT2D eigenvalue weighted by molar-refractivity contribution is 5.38. The van der Waals surface area contributed by atoms with Crippen molar-refractivity contribution in [2.24, 2.45) is 0 Å². The van der Waals surface area contributed by atoms with Crippen molar-refractivity contribution in [3.05, 3.63) is 34.4 Å². The summed E-state index contributed by atoms with van der Waals surface area (Å²) in [4.78, 5) is 0. The Morgan fingerprint density at radius 2 is 1.90 bits per heavy atom. The molecule has 1 N–H and O–H groups in total. The van der Waals surface area contributed by atoms with Crippen molar-refractivity contribution in [1.29, 1.82) is 0 Å². The summed E-state index contributed by atoms with van der Waals surface area (Å²) in [5, 5.41) is 3.74. The Morgan fingerprint density at radius 3 is 2.43 bits per heavy atom. The molecule has 0 aliphatic carbocycles. The number of aryl methyl sites for hydroxylation is 3. The molecule has 0 saturated carbocycles. The highest BCUT2D eigenvalue weighted by Gasteiger charge is 2.38. The van der Waals surface area contributed by atoms with E-state index in [0.29, 0.717) is 6.04 Å². The number of hydrogen-bond donors (Lipinski definition) is 1. The van der Waals surface area contributed by atoms with Crippen molar-refractivity contribution in [3.8, 4) is 0 Å². The van der Waals surface area contributed by atoms with E-state index in [-0.39, 0.29) is 5.60 Å². The Bertz CT molecular complexity index is 451. The van der Waals surface area contributed by atoms with E-state index in [9.17, 15) is 0 Å². The normalized spacial score (nSPS) is 23.5. The lowest BCUT2D eigenvalue weighted by atomic mass is 9.85. The van der Waals surface area contributed by atoms with E-state index < -0.39 is 0 Å². The zero-order valence-corrected chi connectivity index (χ0v) is 14.4. The Hall–Kier alpha value is -0.860. The first-order valence-electron chi connectivity index (χ1n) is 8.40. The summed E-state index contributed by atoms with van der Waals surface area (Å²) in [6.07, 6.45) is 4.58. The van der Waals surface area contributed by atoms with Gasteiger partial charge in [-0.05, 0) is 76.6 Å². The van der Waals surface area contributed by atoms with Gasteiger partial charge in [0.05, 0.1) is 5.60 Å². The monoisotopic (exact) mass is 289 g/mol. The van der Waals surface area contributed by atoms with Crippen molar-refractivity contribution >= 4 is 0 Å². The minimum atomic E-state index is -0.0149. The van der Waals surface area contributed by atoms with E-state index in [1.54, 1.807) is 0 Å². The summed E-state index contributed by atoms with van der Waals surface area (Å²) in [6.45, 7) is 13.1. The summed E-state index contributed by atoms with van der Waals surface area (Å²) in [5.41, 5.74) is 5.66. The molecule has 118 valence electrons. The Kier molecular flexibility index (Phi) is 5.45. The minimum Gasteiger partial charge on any atom is -0.374 e. The number of hydrogen-bond acceptors (Lipinski definition) is 2. The van der Waals surface area contributed by atoms with Crippen molar-refractivity contribution in [1.82, 2.24) is 5.32 Å². The number of ether oxygens (including phenoxy) is 1. The first kappa shape index (κ1) is 16.5. The third-order valence-electron chi connectivity index (χ3n) is 4.88. The molecule has 2 atom stereocenters. The van der Waals surface area contributed by atoms with Crippen LogP contribution in [0.5, 0.6) is 0 Å². The Balaban J connectivity index is 2.22. The molecule has 2 heteroatoms. The largest absolute Gasteiger partial charge is 0.374 e. The maximum absolute atomic E-state index is 6.11. The molecule has 1 aliphatic rings. The second-order valence-corrected chi connectivity index (χ2v) is 6.85. The van der Waals surface area contributed by atoms with Gasteiger partial charge < -0.3 is 10.1 Å². The molecule has 0 amide bonds. The van der Waals surface area contributed by atoms with Crippen LogP contribution in [0.3, 0.4) is 0 Å². The number of rotatable bonds is 6. The van der Waals surface area contributed by atoms with Crippen LogP contribution < -0.4 is 5.32 Å². The molecule has 1 aliphatic heterocycles. The third kappa shape index (κ3) is 3.87. The van der Waals surface area contributed by atoms with Gasteiger partial charge in [0.25, 0.3) is 0 Å². The first-order chi connectivity index (χ1) is 9.96. The van der Waals surface area contributed by atoms with Crippen LogP contribution >= 0.6 is 0 Å². The lowest BCUT2D eigenvalue weighted by Gasteiger charge is -2.35. The molecule has 21 heavy (non-hydrogen) atoms. The molecule has 0 bridgehead atoms. The summed E-state index contributed by atoms with van der Waals surface area (Å²) in [7, 11) is 0. The van der Waals surface area contributed by atoms with E-state index in [4.69, 9.17) is 4.74 Å². The number of benzene rings is 1. The molecular weight excluding hydrogens is 258 g/mol. The Labute approximate surface area is 130 Å². The third-order valence-corrected chi connectivity index (χ3v) is 4.88. The summed E-state index contributed by atoms with van der Waals surface area (Å²) >= 11 is 0. The number of nitrogens with one attached hydrogen (secondary N) is 1. The van der Waals surface area contributed by atoms with E-state index >= 15 is 0 Å². The van der Waals surface area contributed by atoms with Gasteiger partial charge in [0.15, 0.2) is 0 Å². The van der Waals surface area contributed by atoms with Crippen molar-refractivity contribution in [2.45, 2.75) is 71.9 Å². The van der Waals surface area contributed by atoms with Crippen LogP contribution in [-0.4, -0.2) is 24.8 Å². The molecule has 1 fully saturated rings.